The van der Waals surface area contributed by atoms with Crippen LogP contribution in [0.4, 0.5) is 0 Å². The summed E-state index contributed by atoms with van der Waals surface area (Å²) in [6, 6.07) is 6.50. The van der Waals surface area contributed by atoms with Crippen molar-refractivity contribution in [2.24, 2.45) is 0 Å². The molecule has 0 spiro atoms. The van der Waals surface area contributed by atoms with E-state index >= 15 is 0 Å². The Morgan fingerprint density at radius 2 is 1.83 bits per heavy atom. The van der Waals surface area contributed by atoms with E-state index in [2.05, 4.69) is 39.3 Å². The van der Waals surface area contributed by atoms with Gasteiger partial charge in [-0.1, -0.05) is 11.8 Å². The molecule has 29 heavy (non-hydrogen) atoms. The van der Waals surface area contributed by atoms with Crippen LogP contribution in [-0.2, 0) is 15.6 Å². The molecule has 0 saturated carbocycles. The summed E-state index contributed by atoms with van der Waals surface area (Å²) in [6.45, 7) is 6.07. The number of aromatic nitrogens is 6. The highest BCUT2D eigenvalue weighted by Gasteiger charge is 2.16. The fraction of sp³-hybridized carbons (Fsp3) is 0.278. The van der Waals surface area contributed by atoms with Gasteiger partial charge in [-0.05, 0) is 61.0 Å². The molecule has 11 heteroatoms. The number of thiophene rings is 1. The van der Waals surface area contributed by atoms with Crippen molar-refractivity contribution in [1.82, 2.24) is 30.2 Å². The van der Waals surface area contributed by atoms with Crippen molar-refractivity contribution in [2.75, 3.05) is 6.26 Å². The van der Waals surface area contributed by atoms with E-state index in [1.165, 1.54) is 16.7 Å². The van der Waals surface area contributed by atoms with E-state index in [9.17, 15) is 8.42 Å². The van der Waals surface area contributed by atoms with E-state index in [1.54, 1.807) is 52.0 Å². The molecule has 4 rings (SSSR count). The molecular weight excluding hydrogens is 428 g/mol. The van der Waals surface area contributed by atoms with Crippen LogP contribution < -0.4 is 0 Å². The number of aryl methyl sites for hydroxylation is 3. The van der Waals surface area contributed by atoms with E-state index < -0.39 is 9.84 Å². The number of benzene rings is 1. The highest BCUT2D eigenvalue weighted by atomic mass is 32.2. The number of sulfone groups is 1. The zero-order chi connectivity index (χ0) is 20.8. The van der Waals surface area contributed by atoms with Gasteiger partial charge in [-0.2, -0.15) is 4.68 Å². The van der Waals surface area contributed by atoms with Crippen molar-refractivity contribution in [3.63, 3.8) is 0 Å². The molecule has 0 bridgehead atoms. The van der Waals surface area contributed by atoms with Crippen molar-refractivity contribution in [1.29, 1.82) is 0 Å². The third-order valence-electron chi connectivity index (χ3n) is 4.49. The average molecular weight is 447 g/mol. The number of hydrogen-bond acceptors (Lipinski definition) is 9. The van der Waals surface area contributed by atoms with Gasteiger partial charge in [-0.3, -0.25) is 0 Å². The molecule has 0 atom stereocenters. The monoisotopic (exact) mass is 446 g/mol. The highest BCUT2D eigenvalue weighted by molar-refractivity contribution is 7.98. The number of hydrogen-bond donors (Lipinski definition) is 0. The third kappa shape index (κ3) is 3.89. The summed E-state index contributed by atoms with van der Waals surface area (Å²) in [5.41, 5.74) is 1.90. The van der Waals surface area contributed by atoms with Crippen molar-refractivity contribution < 1.29 is 8.42 Å². The summed E-state index contributed by atoms with van der Waals surface area (Å²) in [4.78, 5) is 11.7. The highest BCUT2D eigenvalue weighted by Crippen LogP contribution is 2.36. The Morgan fingerprint density at radius 3 is 2.52 bits per heavy atom. The average Bonchev–Trinajstić information content (AvgIpc) is 3.24. The van der Waals surface area contributed by atoms with Crippen LogP contribution in [0, 0.1) is 20.8 Å². The van der Waals surface area contributed by atoms with Gasteiger partial charge in [-0.25, -0.2) is 18.4 Å². The van der Waals surface area contributed by atoms with Gasteiger partial charge in [0.25, 0.3) is 0 Å². The van der Waals surface area contributed by atoms with Crippen LogP contribution in [0.15, 0.2) is 34.2 Å². The fourth-order valence-corrected chi connectivity index (χ4v) is 5.69. The lowest BCUT2D eigenvalue weighted by Crippen LogP contribution is -2.04. The molecule has 0 saturated heterocycles. The summed E-state index contributed by atoms with van der Waals surface area (Å²) >= 11 is 3.24. The lowest BCUT2D eigenvalue weighted by molar-refractivity contribution is 0.602. The second kappa shape index (κ2) is 7.47. The Labute approximate surface area is 176 Å². The maximum absolute atomic E-state index is 11.7. The maximum atomic E-state index is 11.7. The molecule has 1 aromatic carbocycles. The number of fused-ring (bicyclic) bond motifs is 1. The molecule has 3 heterocycles. The molecular formula is C18H18N6O2S3. The molecule has 8 nitrogen and oxygen atoms in total. The summed E-state index contributed by atoms with van der Waals surface area (Å²) in [6.07, 6.45) is 1.18. The number of thioether (sulfide) groups is 1. The SMILES string of the molecule is Cc1nc(SCc2nnnn2-c2ccc(S(C)(=O)=O)cc2)c2c(C)c(C)sc2n1. The third-order valence-corrected chi connectivity index (χ3v) is 7.69. The van der Waals surface area contributed by atoms with E-state index in [0.29, 0.717) is 17.3 Å². The van der Waals surface area contributed by atoms with Gasteiger partial charge >= 0.3 is 0 Å². The zero-order valence-corrected chi connectivity index (χ0v) is 18.7. The molecule has 0 N–H and O–H groups in total. The van der Waals surface area contributed by atoms with Gasteiger partial charge in [0.05, 0.1) is 16.3 Å². The van der Waals surface area contributed by atoms with Crippen LogP contribution in [0.2, 0.25) is 0 Å². The Balaban J connectivity index is 1.63. The topological polar surface area (TPSA) is 104 Å². The lowest BCUT2D eigenvalue weighted by atomic mass is 10.2. The predicted octanol–water partition coefficient (Wildman–Crippen LogP) is 3.29. The smallest absolute Gasteiger partial charge is 0.175 e. The molecule has 0 fully saturated rings. The predicted molar refractivity (Wildman–Crippen MR) is 113 cm³/mol. The van der Waals surface area contributed by atoms with E-state index in [4.69, 9.17) is 0 Å². The van der Waals surface area contributed by atoms with Gasteiger partial charge in [-0.15, -0.1) is 16.4 Å². The van der Waals surface area contributed by atoms with E-state index in [1.807, 2.05) is 6.92 Å². The molecule has 0 amide bonds. The summed E-state index contributed by atoms with van der Waals surface area (Å²) < 4.78 is 24.9. The Morgan fingerprint density at radius 1 is 1.10 bits per heavy atom. The first-order valence-electron chi connectivity index (χ1n) is 8.69. The quantitative estimate of drug-likeness (QED) is 0.340. The Kier molecular flexibility index (Phi) is 5.13. The van der Waals surface area contributed by atoms with Gasteiger partial charge in [0.15, 0.2) is 15.7 Å². The van der Waals surface area contributed by atoms with Crippen molar-refractivity contribution in [3.8, 4) is 5.69 Å². The van der Waals surface area contributed by atoms with Crippen molar-refractivity contribution in [3.05, 3.63) is 46.4 Å². The van der Waals surface area contributed by atoms with Gasteiger partial charge < -0.3 is 0 Å². The first-order valence-corrected chi connectivity index (χ1v) is 12.4. The number of nitrogens with zero attached hydrogens (tertiary/aromatic N) is 6. The second-order valence-corrected chi connectivity index (χ2v) is 10.8. The summed E-state index contributed by atoms with van der Waals surface area (Å²) in [7, 11) is -3.25. The molecule has 0 aliphatic rings. The Bertz CT molecular complexity index is 1310. The van der Waals surface area contributed by atoms with Crippen LogP contribution in [0.3, 0.4) is 0 Å². The van der Waals surface area contributed by atoms with E-state index in [0.717, 1.165) is 21.1 Å². The molecule has 4 aromatic rings. The molecule has 3 aromatic heterocycles. The first-order chi connectivity index (χ1) is 13.7. The van der Waals surface area contributed by atoms with Crippen LogP contribution in [0.1, 0.15) is 22.1 Å². The lowest BCUT2D eigenvalue weighted by Gasteiger charge is -2.07. The zero-order valence-electron chi connectivity index (χ0n) is 16.2. The normalized spacial score (nSPS) is 12.0. The minimum absolute atomic E-state index is 0.257. The molecule has 0 radical (unpaired) electrons. The minimum Gasteiger partial charge on any atom is -0.226 e. The maximum Gasteiger partial charge on any atom is 0.175 e. The molecule has 0 unspecified atom stereocenters. The fourth-order valence-electron chi connectivity index (χ4n) is 2.88. The molecule has 0 aliphatic heterocycles. The minimum atomic E-state index is -3.25. The Hall–Kier alpha value is -2.37. The van der Waals surface area contributed by atoms with Gasteiger partial charge in [0, 0.05) is 16.5 Å². The van der Waals surface area contributed by atoms with Crippen LogP contribution in [-0.4, -0.2) is 44.8 Å². The van der Waals surface area contributed by atoms with Crippen LogP contribution in [0.5, 0.6) is 0 Å². The van der Waals surface area contributed by atoms with Crippen molar-refractivity contribution in [2.45, 2.75) is 36.4 Å². The van der Waals surface area contributed by atoms with Crippen LogP contribution >= 0.6 is 23.1 Å². The summed E-state index contributed by atoms with van der Waals surface area (Å²) in [5.74, 6) is 1.90. The van der Waals surface area contributed by atoms with Gasteiger partial charge in [0.1, 0.15) is 15.7 Å². The first kappa shape index (κ1) is 19.9. The van der Waals surface area contributed by atoms with Crippen LogP contribution in [0.25, 0.3) is 15.9 Å². The number of rotatable bonds is 5. The molecule has 0 aliphatic carbocycles. The van der Waals surface area contributed by atoms with Crippen molar-refractivity contribution >= 4 is 43.2 Å². The van der Waals surface area contributed by atoms with E-state index in [-0.39, 0.29) is 4.90 Å². The standard InChI is InChI=1S/C18H18N6O2S3/c1-10-11(2)28-18-16(10)17(19-12(3)20-18)27-9-15-21-22-23-24(15)13-5-7-14(8-6-13)29(4,25)26/h5-8H,9H2,1-4H3. The summed E-state index contributed by atoms with van der Waals surface area (Å²) in [5, 5.41) is 14.0. The number of tetrazole rings is 1. The largest absolute Gasteiger partial charge is 0.226 e. The molecule has 150 valence electrons. The second-order valence-electron chi connectivity index (χ2n) is 6.60. The van der Waals surface area contributed by atoms with Gasteiger partial charge in [0.2, 0.25) is 0 Å².